The van der Waals surface area contributed by atoms with Gasteiger partial charge in [-0.05, 0) is 47.9 Å². The Morgan fingerprint density at radius 2 is 1.45 bits per heavy atom. The molecule has 202 valence electrons. The van der Waals surface area contributed by atoms with Gasteiger partial charge in [-0.3, -0.25) is 4.79 Å². The summed E-state index contributed by atoms with van der Waals surface area (Å²) in [5, 5.41) is 3.97. The van der Waals surface area contributed by atoms with E-state index in [4.69, 9.17) is 18.9 Å². The van der Waals surface area contributed by atoms with Gasteiger partial charge >= 0.3 is 0 Å². The average molecular weight is 542 g/mol. The smallest absolute Gasteiger partial charge is 0.255 e. The Kier molecular flexibility index (Phi) is 10.1. The Labute approximate surface area is 222 Å². The number of sulfonamides is 1. The zero-order valence-corrected chi connectivity index (χ0v) is 22.5. The van der Waals surface area contributed by atoms with Crippen LogP contribution in [0.3, 0.4) is 0 Å². The second-order valence-electron chi connectivity index (χ2n) is 8.00. The van der Waals surface area contributed by atoms with Crippen molar-refractivity contribution in [3.8, 4) is 23.0 Å². The van der Waals surface area contributed by atoms with Gasteiger partial charge in [0.05, 0.1) is 46.1 Å². The maximum Gasteiger partial charge on any atom is 0.255 e. The fourth-order valence-corrected chi connectivity index (χ4v) is 5.03. The quantitative estimate of drug-likeness (QED) is 0.261. The first-order valence-corrected chi connectivity index (χ1v) is 13.1. The summed E-state index contributed by atoms with van der Waals surface area (Å²) >= 11 is 0. The van der Waals surface area contributed by atoms with Crippen molar-refractivity contribution >= 4 is 22.1 Å². The van der Waals surface area contributed by atoms with Crippen molar-refractivity contribution in [1.29, 1.82) is 0 Å². The van der Waals surface area contributed by atoms with Crippen LogP contribution in [-0.2, 0) is 21.2 Å². The lowest BCUT2D eigenvalue weighted by molar-refractivity contribution is -0.121. The number of hydrogen-bond donors (Lipinski definition) is 1. The summed E-state index contributed by atoms with van der Waals surface area (Å²) < 4.78 is 49.2. The van der Waals surface area contributed by atoms with Gasteiger partial charge in [0.1, 0.15) is 0 Å². The number of ether oxygens (including phenoxy) is 4. The van der Waals surface area contributed by atoms with Gasteiger partial charge in [-0.1, -0.05) is 30.3 Å². The largest absolute Gasteiger partial charge is 0.493 e. The topological polar surface area (TPSA) is 116 Å². The highest BCUT2D eigenvalue weighted by Crippen LogP contribution is 2.31. The van der Waals surface area contributed by atoms with E-state index in [1.165, 1.54) is 52.9 Å². The molecule has 0 heterocycles. The first-order valence-electron chi connectivity index (χ1n) is 11.6. The number of amides is 1. The molecule has 0 saturated carbocycles. The lowest BCUT2D eigenvalue weighted by Gasteiger charge is -2.22. The number of hydrogen-bond acceptors (Lipinski definition) is 8. The van der Waals surface area contributed by atoms with Crippen LogP contribution >= 0.6 is 0 Å². The molecular weight excluding hydrogens is 510 g/mol. The SMILES string of the molecule is COc1ccc(/C=N\NC(=O)CN(CCc2ccccc2)S(=O)(=O)c2ccc(OC)c(OC)c2)cc1OC. The van der Waals surface area contributed by atoms with Crippen molar-refractivity contribution in [2.24, 2.45) is 5.10 Å². The number of rotatable bonds is 13. The fraction of sp³-hybridized carbons (Fsp3) is 0.259. The predicted molar refractivity (Wildman–Crippen MR) is 144 cm³/mol. The minimum atomic E-state index is -4.06. The summed E-state index contributed by atoms with van der Waals surface area (Å²) in [6.07, 6.45) is 1.84. The van der Waals surface area contributed by atoms with E-state index >= 15 is 0 Å². The van der Waals surface area contributed by atoms with Crippen LogP contribution in [0, 0.1) is 0 Å². The number of nitrogens with zero attached hydrogens (tertiary/aromatic N) is 2. The van der Waals surface area contributed by atoms with Gasteiger partial charge < -0.3 is 18.9 Å². The van der Waals surface area contributed by atoms with Crippen LogP contribution in [0.1, 0.15) is 11.1 Å². The number of carbonyl (C=O) groups excluding carboxylic acids is 1. The summed E-state index contributed by atoms with van der Waals surface area (Å²) in [6.45, 7) is -0.361. The minimum Gasteiger partial charge on any atom is -0.493 e. The Balaban J connectivity index is 1.79. The maximum absolute atomic E-state index is 13.6. The summed E-state index contributed by atoms with van der Waals surface area (Å²) in [6, 6.07) is 18.9. The highest BCUT2D eigenvalue weighted by Gasteiger charge is 2.27. The first-order chi connectivity index (χ1) is 18.3. The highest BCUT2D eigenvalue weighted by atomic mass is 32.2. The lowest BCUT2D eigenvalue weighted by atomic mass is 10.1. The third-order valence-corrected chi connectivity index (χ3v) is 7.46. The van der Waals surface area contributed by atoms with Crippen molar-refractivity contribution < 1.29 is 32.2 Å². The molecule has 1 N–H and O–H groups in total. The second-order valence-corrected chi connectivity index (χ2v) is 9.94. The van der Waals surface area contributed by atoms with Crippen LogP contribution in [0.2, 0.25) is 0 Å². The molecule has 0 radical (unpaired) electrons. The molecule has 3 rings (SSSR count). The number of nitrogens with one attached hydrogen (secondary N) is 1. The van der Waals surface area contributed by atoms with Crippen LogP contribution in [0.4, 0.5) is 0 Å². The Morgan fingerprint density at radius 1 is 0.842 bits per heavy atom. The highest BCUT2D eigenvalue weighted by molar-refractivity contribution is 7.89. The molecule has 1 amide bonds. The van der Waals surface area contributed by atoms with Gasteiger partial charge in [0.25, 0.3) is 5.91 Å². The van der Waals surface area contributed by atoms with E-state index in [2.05, 4.69) is 10.5 Å². The van der Waals surface area contributed by atoms with Gasteiger partial charge in [0, 0.05) is 12.6 Å². The molecule has 0 aliphatic heterocycles. The molecule has 11 heteroatoms. The number of benzene rings is 3. The second kappa shape index (κ2) is 13.5. The van der Waals surface area contributed by atoms with E-state index < -0.39 is 22.5 Å². The zero-order valence-electron chi connectivity index (χ0n) is 21.7. The third-order valence-electron chi connectivity index (χ3n) is 5.62. The molecule has 0 saturated heterocycles. The van der Waals surface area contributed by atoms with Crippen LogP contribution in [0.5, 0.6) is 23.0 Å². The first kappa shape index (κ1) is 28.5. The van der Waals surface area contributed by atoms with E-state index in [9.17, 15) is 13.2 Å². The van der Waals surface area contributed by atoms with Gasteiger partial charge in [-0.15, -0.1) is 0 Å². The molecule has 0 aromatic heterocycles. The maximum atomic E-state index is 13.6. The molecule has 0 unspecified atom stereocenters. The molecule has 0 spiro atoms. The van der Waals surface area contributed by atoms with Gasteiger partial charge in [-0.2, -0.15) is 9.41 Å². The number of carbonyl (C=O) groups is 1. The molecule has 0 fully saturated rings. The van der Waals surface area contributed by atoms with Crippen molar-refractivity contribution in [3.05, 3.63) is 77.9 Å². The van der Waals surface area contributed by atoms with Gasteiger partial charge in [-0.25, -0.2) is 13.8 Å². The zero-order chi connectivity index (χ0) is 27.5. The fourth-order valence-electron chi connectivity index (χ4n) is 3.62. The van der Waals surface area contributed by atoms with Crippen molar-refractivity contribution in [3.63, 3.8) is 0 Å². The molecule has 0 atom stereocenters. The summed E-state index contributed by atoms with van der Waals surface area (Å²) in [5.74, 6) is 1.13. The Bertz CT molecular complexity index is 1360. The standard InChI is InChI=1S/C27H31N3O7S/c1-34-23-12-10-21(16-25(23)36-3)18-28-29-27(31)19-30(15-14-20-8-6-5-7-9-20)38(32,33)22-11-13-24(35-2)26(17-22)37-4/h5-13,16-18H,14-15,19H2,1-4H3,(H,29,31)/b28-18-. The monoisotopic (exact) mass is 541 g/mol. The molecule has 3 aromatic rings. The van der Waals surface area contributed by atoms with Gasteiger partial charge in [0.2, 0.25) is 10.0 Å². The van der Waals surface area contributed by atoms with Crippen molar-refractivity contribution in [2.75, 3.05) is 41.5 Å². The molecular formula is C27H31N3O7S. The van der Waals surface area contributed by atoms with E-state index in [-0.39, 0.29) is 17.2 Å². The van der Waals surface area contributed by atoms with Crippen molar-refractivity contribution in [1.82, 2.24) is 9.73 Å². The molecule has 3 aromatic carbocycles. The van der Waals surface area contributed by atoms with E-state index in [1.54, 1.807) is 18.2 Å². The van der Waals surface area contributed by atoms with Crippen LogP contribution in [-0.4, -0.2) is 66.4 Å². The Hall–Kier alpha value is -4.09. The molecule has 0 aliphatic carbocycles. The molecule has 38 heavy (non-hydrogen) atoms. The van der Waals surface area contributed by atoms with Crippen LogP contribution in [0.15, 0.2) is 76.7 Å². The van der Waals surface area contributed by atoms with E-state index in [0.29, 0.717) is 29.2 Å². The van der Waals surface area contributed by atoms with Gasteiger partial charge in [0.15, 0.2) is 23.0 Å². The molecule has 10 nitrogen and oxygen atoms in total. The van der Waals surface area contributed by atoms with E-state index in [0.717, 1.165) is 9.87 Å². The molecule has 0 aliphatic rings. The lowest BCUT2D eigenvalue weighted by Crippen LogP contribution is -2.40. The van der Waals surface area contributed by atoms with Crippen LogP contribution in [0.25, 0.3) is 0 Å². The molecule has 0 bridgehead atoms. The summed E-state index contributed by atoms with van der Waals surface area (Å²) in [5.41, 5.74) is 3.99. The average Bonchev–Trinajstić information content (AvgIpc) is 2.95. The van der Waals surface area contributed by atoms with E-state index in [1.807, 2.05) is 30.3 Å². The number of methoxy groups -OCH3 is 4. The third kappa shape index (κ3) is 7.24. The normalized spacial score (nSPS) is 11.4. The van der Waals surface area contributed by atoms with Crippen LogP contribution < -0.4 is 24.4 Å². The summed E-state index contributed by atoms with van der Waals surface area (Å²) in [7, 11) is 1.87. The number of hydrazone groups is 1. The minimum absolute atomic E-state index is 0.0233. The summed E-state index contributed by atoms with van der Waals surface area (Å²) in [4.78, 5) is 12.7. The Morgan fingerprint density at radius 3 is 2.08 bits per heavy atom. The van der Waals surface area contributed by atoms with Crippen molar-refractivity contribution in [2.45, 2.75) is 11.3 Å². The predicted octanol–water partition coefficient (Wildman–Crippen LogP) is 3.10.